The molecule has 0 radical (unpaired) electrons. The van der Waals surface area contributed by atoms with Gasteiger partial charge in [-0.1, -0.05) is 12.1 Å². The summed E-state index contributed by atoms with van der Waals surface area (Å²) in [6.07, 6.45) is 1.82. The van der Waals surface area contributed by atoms with Gasteiger partial charge >= 0.3 is 6.03 Å². The van der Waals surface area contributed by atoms with Gasteiger partial charge in [0.25, 0.3) is 0 Å². The summed E-state index contributed by atoms with van der Waals surface area (Å²) < 4.78 is 5.52. The predicted octanol–water partition coefficient (Wildman–Crippen LogP) is 2.87. The van der Waals surface area contributed by atoms with Crippen LogP contribution in [0, 0.1) is 6.92 Å². The first kappa shape index (κ1) is 13.9. The zero-order valence-electron chi connectivity index (χ0n) is 12.8. The molecule has 1 saturated heterocycles. The molecule has 0 unspecified atom stereocenters. The Labute approximate surface area is 124 Å². The fourth-order valence-corrected chi connectivity index (χ4v) is 2.76. The molecular weight excluding hydrogens is 266 g/mol. The molecule has 0 bridgehead atoms. The number of nitrogens with one attached hydrogen (secondary N) is 1. The Morgan fingerprint density at radius 2 is 2.29 bits per heavy atom. The van der Waals surface area contributed by atoms with Crippen molar-refractivity contribution in [3.63, 3.8) is 0 Å². The topological polar surface area (TPSA) is 58.4 Å². The van der Waals surface area contributed by atoms with Crippen LogP contribution in [0.3, 0.4) is 0 Å². The SMILES string of the molecule is Cc1nc2c(CCNC(=O)N3CCC3(C)C)cccc2o1. The lowest BCUT2D eigenvalue weighted by molar-refractivity contribution is 0.0534. The second kappa shape index (κ2) is 5.06. The summed E-state index contributed by atoms with van der Waals surface area (Å²) >= 11 is 0. The molecule has 1 aliphatic heterocycles. The number of rotatable bonds is 3. The largest absolute Gasteiger partial charge is 0.441 e. The maximum Gasteiger partial charge on any atom is 0.317 e. The number of carbonyl (C=O) groups excluding carboxylic acids is 1. The molecule has 2 amide bonds. The Hall–Kier alpha value is -2.04. The Morgan fingerprint density at radius 3 is 2.95 bits per heavy atom. The summed E-state index contributed by atoms with van der Waals surface area (Å²) in [6.45, 7) is 7.48. The highest BCUT2D eigenvalue weighted by Crippen LogP contribution is 2.29. The molecule has 1 aromatic heterocycles. The Kier molecular flexibility index (Phi) is 3.35. The molecule has 21 heavy (non-hydrogen) atoms. The van der Waals surface area contributed by atoms with Gasteiger partial charge in [0.2, 0.25) is 0 Å². The van der Waals surface area contributed by atoms with Crippen LogP contribution < -0.4 is 5.32 Å². The predicted molar refractivity (Wildman–Crippen MR) is 81.3 cm³/mol. The third-order valence-electron chi connectivity index (χ3n) is 4.20. The number of carbonyl (C=O) groups is 1. The fraction of sp³-hybridized carbons (Fsp3) is 0.500. The second-order valence-electron chi connectivity index (χ2n) is 6.19. The molecule has 2 aromatic rings. The summed E-state index contributed by atoms with van der Waals surface area (Å²) in [5.74, 6) is 0.670. The molecule has 1 aromatic carbocycles. The fourth-order valence-electron chi connectivity index (χ4n) is 2.76. The number of fused-ring (bicyclic) bond motifs is 1. The zero-order chi connectivity index (χ0) is 15.0. The molecule has 0 atom stereocenters. The van der Waals surface area contributed by atoms with Gasteiger partial charge < -0.3 is 14.6 Å². The highest BCUT2D eigenvalue weighted by molar-refractivity contribution is 5.77. The van der Waals surface area contributed by atoms with E-state index >= 15 is 0 Å². The number of hydrogen-bond acceptors (Lipinski definition) is 3. The van der Waals surface area contributed by atoms with Crippen LogP contribution in [0.4, 0.5) is 4.79 Å². The second-order valence-corrected chi connectivity index (χ2v) is 6.19. The summed E-state index contributed by atoms with van der Waals surface area (Å²) in [4.78, 5) is 18.4. The van der Waals surface area contributed by atoms with Crippen LogP contribution >= 0.6 is 0 Å². The van der Waals surface area contributed by atoms with Gasteiger partial charge in [0.05, 0.1) is 0 Å². The minimum Gasteiger partial charge on any atom is -0.441 e. The third kappa shape index (κ3) is 2.60. The number of aromatic nitrogens is 1. The molecule has 112 valence electrons. The lowest BCUT2D eigenvalue weighted by Gasteiger charge is -2.48. The Bertz CT molecular complexity index is 675. The summed E-state index contributed by atoms with van der Waals surface area (Å²) in [5.41, 5.74) is 2.80. The molecule has 2 heterocycles. The number of para-hydroxylation sites is 1. The van der Waals surface area contributed by atoms with E-state index in [2.05, 4.69) is 24.1 Å². The number of likely N-dealkylation sites (tertiary alicyclic amines) is 1. The molecule has 1 N–H and O–H groups in total. The molecule has 0 aliphatic carbocycles. The molecule has 1 fully saturated rings. The van der Waals surface area contributed by atoms with Crippen LogP contribution in [0.15, 0.2) is 22.6 Å². The van der Waals surface area contributed by atoms with E-state index in [0.29, 0.717) is 12.4 Å². The lowest BCUT2D eigenvalue weighted by atomic mass is 9.89. The first-order valence-electron chi connectivity index (χ1n) is 7.38. The molecule has 3 rings (SSSR count). The van der Waals surface area contributed by atoms with Gasteiger partial charge in [-0.25, -0.2) is 9.78 Å². The van der Waals surface area contributed by atoms with Gasteiger partial charge in [0, 0.05) is 25.6 Å². The zero-order valence-corrected chi connectivity index (χ0v) is 12.8. The summed E-state index contributed by atoms with van der Waals surface area (Å²) in [5, 5.41) is 2.99. The highest BCUT2D eigenvalue weighted by Gasteiger charge is 2.38. The summed E-state index contributed by atoms with van der Waals surface area (Å²) in [7, 11) is 0. The summed E-state index contributed by atoms with van der Waals surface area (Å²) in [6, 6.07) is 5.93. The van der Waals surface area contributed by atoms with Crippen molar-refractivity contribution in [3.05, 3.63) is 29.7 Å². The van der Waals surface area contributed by atoms with Crippen molar-refractivity contribution in [2.45, 2.75) is 39.2 Å². The van der Waals surface area contributed by atoms with E-state index in [9.17, 15) is 4.79 Å². The van der Waals surface area contributed by atoms with E-state index in [4.69, 9.17) is 4.42 Å². The van der Waals surface area contributed by atoms with E-state index in [1.54, 1.807) is 0 Å². The maximum absolute atomic E-state index is 12.1. The van der Waals surface area contributed by atoms with E-state index in [0.717, 1.165) is 36.0 Å². The number of aryl methyl sites for hydroxylation is 1. The van der Waals surface area contributed by atoms with Crippen molar-refractivity contribution in [3.8, 4) is 0 Å². The maximum atomic E-state index is 12.1. The van der Waals surface area contributed by atoms with Crippen LogP contribution in [-0.4, -0.2) is 34.5 Å². The van der Waals surface area contributed by atoms with Gasteiger partial charge in [0.1, 0.15) is 5.52 Å². The number of oxazole rings is 1. The number of benzene rings is 1. The van der Waals surface area contributed by atoms with E-state index < -0.39 is 0 Å². The number of hydrogen-bond donors (Lipinski definition) is 1. The normalized spacial score (nSPS) is 16.8. The van der Waals surface area contributed by atoms with Crippen molar-refractivity contribution < 1.29 is 9.21 Å². The first-order valence-corrected chi connectivity index (χ1v) is 7.38. The third-order valence-corrected chi connectivity index (χ3v) is 4.20. The van der Waals surface area contributed by atoms with Crippen molar-refractivity contribution >= 4 is 17.1 Å². The van der Waals surface area contributed by atoms with Crippen molar-refractivity contribution in [1.82, 2.24) is 15.2 Å². The van der Waals surface area contributed by atoms with Gasteiger partial charge in [-0.3, -0.25) is 0 Å². The van der Waals surface area contributed by atoms with Gasteiger partial charge in [-0.05, 0) is 38.3 Å². The van der Waals surface area contributed by atoms with Gasteiger partial charge in [-0.2, -0.15) is 0 Å². The molecule has 1 aliphatic rings. The first-order chi connectivity index (χ1) is 9.97. The molecular formula is C16H21N3O2. The minimum atomic E-state index is -0.00662. The smallest absolute Gasteiger partial charge is 0.317 e. The van der Waals surface area contributed by atoms with Crippen LogP contribution in [0.5, 0.6) is 0 Å². The number of urea groups is 1. The van der Waals surface area contributed by atoms with E-state index in [1.165, 1.54) is 0 Å². The number of nitrogens with zero attached hydrogens (tertiary/aromatic N) is 2. The number of amides is 2. The minimum absolute atomic E-state index is 0.00662. The standard InChI is InChI=1S/C16H21N3O2/c1-11-18-14-12(5-4-6-13(14)21-11)7-9-17-15(20)19-10-8-16(19,2)3/h4-6H,7-10H2,1-3H3,(H,17,20). The van der Waals surface area contributed by atoms with Crippen molar-refractivity contribution in [2.75, 3.05) is 13.1 Å². The lowest BCUT2D eigenvalue weighted by Crippen LogP contribution is -2.61. The van der Waals surface area contributed by atoms with Crippen LogP contribution in [0.25, 0.3) is 11.1 Å². The molecule has 0 saturated carbocycles. The van der Waals surface area contributed by atoms with Gasteiger partial charge in [0.15, 0.2) is 11.5 Å². The van der Waals surface area contributed by atoms with Gasteiger partial charge in [-0.15, -0.1) is 0 Å². The van der Waals surface area contributed by atoms with Crippen molar-refractivity contribution in [1.29, 1.82) is 0 Å². The average Bonchev–Trinajstić information content (AvgIpc) is 2.78. The Balaban J connectivity index is 1.61. The molecule has 5 heteroatoms. The highest BCUT2D eigenvalue weighted by atomic mass is 16.3. The monoisotopic (exact) mass is 287 g/mol. The quantitative estimate of drug-likeness (QED) is 0.944. The Morgan fingerprint density at radius 1 is 1.48 bits per heavy atom. The van der Waals surface area contributed by atoms with Crippen LogP contribution in [-0.2, 0) is 6.42 Å². The molecule has 0 spiro atoms. The van der Waals surface area contributed by atoms with Crippen LogP contribution in [0.1, 0.15) is 31.7 Å². The van der Waals surface area contributed by atoms with E-state index in [-0.39, 0.29) is 11.6 Å². The average molecular weight is 287 g/mol. The molecule has 5 nitrogen and oxygen atoms in total. The van der Waals surface area contributed by atoms with E-state index in [1.807, 2.05) is 30.0 Å². The van der Waals surface area contributed by atoms with Crippen molar-refractivity contribution in [2.24, 2.45) is 0 Å². The van der Waals surface area contributed by atoms with Crippen LogP contribution in [0.2, 0.25) is 0 Å².